The van der Waals surface area contributed by atoms with Gasteiger partial charge in [0.05, 0.1) is 24.3 Å². The van der Waals surface area contributed by atoms with Crippen LogP contribution in [0.4, 0.5) is 5.69 Å². The van der Waals surface area contributed by atoms with E-state index in [0.29, 0.717) is 11.6 Å². The minimum atomic E-state index is 0.134. The summed E-state index contributed by atoms with van der Waals surface area (Å²) in [5.74, 6) is 0.809. The molecule has 0 amide bonds. The van der Waals surface area contributed by atoms with Gasteiger partial charge >= 0.3 is 0 Å². The van der Waals surface area contributed by atoms with Gasteiger partial charge in [0.2, 0.25) is 0 Å². The van der Waals surface area contributed by atoms with Crippen molar-refractivity contribution >= 4 is 16.5 Å². The molecule has 0 spiro atoms. The van der Waals surface area contributed by atoms with Gasteiger partial charge in [-0.3, -0.25) is 10.00 Å². The number of nitrogens with one attached hydrogen (secondary N) is 1. The van der Waals surface area contributed by atoms with Crippen LogP contribution < -0.4 is 4.90 Å². The Morgan fingerprint density at radius 1 is 1.14 bits per heavy atom. The van der Waals surface area contributed by atoms with Crippen molar-refractivity contribution in [2.45, 2.75) is 31.9 Å². The molecule has 0 unspecified atom stereocenters. The summed E-state index contributed by atoms with van der Waals surface area (Å²) in [4.78, 5) is 9.38. The van der Waals surface area contributed by atoms with Crippen molar-refractivity contribution in [2.75, 3.05) is 37.7 Å². The number of rotatable bonds is 5. The molecule has 0 bridgehead atoms. The summed E-state index contributed by atoms with van der Waals surface area (Å²) in [7, 11) is 0. The average molecular weight is 479 g/mol. The number of H-pyrrole nitrogens is 1. The van der Waals surface area contributed by atoms with Crippen LogP contribution in [0, 0.1) is 11.3 Å². The van der Waals surface area contributed by atoms with Crippen molar-refractivity contribution in [1.82, 2.24) is 20.1 Å². The minimum Gasteiger partial charge on any atom is -0.373 e. The first-order valence-electron chi connectivity index (χ1n) is 12.7. The fourth-order valence-electron chi connectivity index (χ4n) is 5.71. The zero-order valence-electron chi connectivity index (χ0n) is 20.5. The lowest BCUT2D eigenvalue weighted by Crippen LogP contribution is -2.52. The largest absolute Gasteiger partial charge is 0.373 e. The average Bonchev–Trinajstić information content (AvgIpc) is 3.46. The summed E-state index contributed by atoms with van der Waals surface area (Å²) in [6.45, 7) is 7.11. The summed E-state index contributed by atoms with van der Waals surface area (Å²) in [5, 5.41) is 18.5. The van der Waals surface area contributed by atoms with E-state index in [4.69, 9.17) is 4.74 Å². The molecule has 2 aliphatic heterocycles. The number of benzene rings is 3. The van der Waals surface area contributed by atoms with Gasteiger partial charge in [-0.25, -0.2) is 4.98 Å². The Morgan fingerprint density at radius 2 is 2.08 bits per heavy atom. The summed E-state index contributed by atoms with van der Waals surface area (Å²) in [6.07, 6.45) is 3.61. The first kappa shape index (κ1) is 22.7. The molecule has 2 aliphatic rings. The van der Waals surface area contributed by atoms with E-state index >= 15 is 0 Å². The predicted octanol–water partition coefficient (Wildman–Crippen LogP) is 4.71. The smallest absolute Gasteiger partial charge is 0.155 e. The van der Waals surface area contributed by atoms with E-state index in [2.05, 4.69) is 80.4 Å². The molecule has 36 heavy (non-hydrogen) atoms. The van der Waals surface area contributed by atoms with Gasteiger partial charge in [-0.2, -0.15) is 10.4 Å². The Kier molecular flexibility index (Phi) is 6.14. The first-order valence-corrected chi connectivity index (χ1v) is 12.7. The molecule has 0 aliphatic carbocycles. The van der Waals surface area contributed by atoms with Crippen molar-refractivity contribution in [3.63, 3.8) is 0 Å². The van der Waals surface area contributed by atoms with Gasteiger partial charge < -0.3 is 9.64 Å². The van der Waals surface area contributed by atoms with Gasteiger partial charge in [-0.15, -0.1) is 0 Å². The van der Waals surface area contributed by atoms with Gasteiger partial charge in [-0.1, -0.05) is 30.3 Å². The maximum atomic E-state index is 9.25. The van der Waals surface area contributed by atoms with E-state index in [1.165, 1.54) is 22.2 Å². The van der Waals surface area contributed by atoms with Crippen LogP contribution in [0.15, 0.2) is 60.9 Å². The van der Waals surface area contributed by atoms with Gasteiger partial charge in [0.1, 0.15) is 6.33 Å². The summed E-state index contributed by atoms with van der Waals surface area (Å²) in [6, 6.07) is 21.6. The number of hydrogen-bond donors (Lipinski definition) is 1. The molecule has 182 valence electrons. The van der Waals surface area contributed by atoms with E-state index < -0.39 is 0 Å². The number of aromatic amines is 1. The van der Waals surface area contributed by atoms with Crippen molar-refractivity contribution in [3.8, 4) is 17.5 Å². The predicted molar refractivity (Wildman–Crippen MR) is 141 cm³/mol. The molecule has 0 saturated carbocycles. The summed E-state index contributed by atoms with van der Waals surface area (Å²) in [5.41, 5.74) is 5.71. The second kappa shape index (κ2) is 9.73. The molecule has 4 aromatic rings. The van der Waals surface area contributed by atoms with Crippen LogP contribution in [0.1, 0.15) is 36.1 Å². The van der Waals surface area contributed by atoms with Crippen molar-refractivity contribution in [1.29, 1.82) is 5.26 Å². The number of hydrogen-bond acceptors (Lipinski definition) is 6. The second-order valence-corrected chi connectivity index (χ2v) is 9.80. The molecule has 1 fully saturated rings. The molecule has 1 N–H and O–H groups in total. The monoisotopic (exact) mass is 478 g/mol. The van der Waals surface area contributed by atoms with Crippen LogP contribution in [-0.2, 0) is 11.2 Å². The SMILES string of the molecule is C[C@@H]1CN(c2cccc3cc(C#N)ccc23)CCN1CC[C@@H]1OCCc2cc(-c3ncn[nH]3)ccc21. The third kappa shape index (κ3) is 4.34. The molecule has 7 nitrogen and oxygen atoms in total. The first-order chi connectivity index (χ1) is 17.7. The Hall–Kier alpha value is -3.73. The molecule has 7 heteroatoms. The van der Waals surface area contributed by atoms with E-state index in [1.807, 2.05) is 12.1 Å². The zero-order chi connectivity index (χ0) is 24.5. The molecule has 3 aromatic carbocycles. The Bertz CT molecular complexity index is 1410. The highest BCUT2D eigenvalue weighted by Crippen LogP contribution is 2.33. The number of aromatic nitrogens is 3. The lowest BCUT2D eigenvalue weighted by atomic mass is 9.93. The van der Waals surface area contributed by atoms with Crippen LogP contribution in [-0.4, -0.2) is 58.9 Å². The molecule has 1 saturated heterocycles. The summed E-state index contributed by atoms with van der Waals surface area (Å²) >= 11 is 0. The van der Waals surface area contributed by atoms with E-state index in [0.717, 1.165) is 62.4 Å². The van der Waals surface area contributed by atoms with E-state index in [-0.39, 0.29) is 6.10 Å². The highest BCUT2D eigenvalue weighted by molar-refractivity contribution is 5.95. The molecule has 1 aromatic heterocycles. The maximum absolute atomic E-state index is 9.25. The van der Waals surface area contributed by atoms with Crippen molar-refractivity contribution < 1.29 is 4.74 Å². The van der Waals surface area contributed by atoms with Gasteiger partial charge in [0.25, 0.3) is 0 Å². The highest BCUT2D eigenvalue weighted by atomic mass is 16.5. The minimum absolute atomic E-state index is 0.134. The molecule has 2 atom stereocenters. The zero-order valence-corrected chi connectivity index (χ0v) is 20.5. The van der Waals surface area contributed by atoms with Gasteiger partial charge in [0, 0.05) is 48.9 Å². The van der Waals surface area contributed by atoms with Gasteiger partial charge in [0.15, 0.2) is 5.82 Å². The number of nitriles is 1. The Labute approximate surface area is 211 Å². The standard InChI is InChI=1S/C29H30N6O/c1-20-18-35(27-4-2-3-22-15-21(17-30)5-7-25(22)27)13-12-34(20)11-9-28-26-8-6-24(29-31-19-32-33-29)16-23(26)10-14-36-28/h2-8,15-16,19-20,28H,9-14,18H2,1H3,(H,31,32,33)/t20-,28+/m1/s1. The lowest BCUT2D eigenvalue weighted by molar-refractivity contribution is 0.0255. The third-order valence-electron chi connectivity index (χ3n) is 7.64. The highest BCUT2D eigenvalue weighted by Gasteiger charge is 2.27. The van der Waals surface area contributed by atoms with Crippen LogP contribution in [0.2, 0.25) is 0 Å². The fourth-order valence-corrected chi connectivity index (χ4v) is 5.71. The molecular formula is C29H30N6O. The van der Waals surface area contributed by atoms with Crippen LogP contribution in [0.3, 0.4) is 0 Å². The number of fused-ring (bicyclic) bond motifs is 2. The number of anilines is 1. The molecule has 3 heterocycles. The van der Waals surface area contributed by atoms with Gasteiger partial charge in [-0.05, 0) is 60.5 Å². The molecule has 6 rings (SSSR count). The normalized spacial score (nSPS) is 20.3. The second-order valence-electron chi connectivity index (χ2n) is 9.80. The Morgan fingerprint density at radius 3 is 2.92 bits per heavy atom. The van der Waals surface area contributed by atoms with E-state index in [9.17, 15) is 5.26 Å². The number of piperazine rings is 1. The van der Waals surface area contributed by atoms with Crippen molar-refractivity contribution in [3.05, 3.63) is 77.6 Å². The van der Waals surface area contributed by atoms with Crippen LogP contribution in [0.25, 0.3) is 22.2 Å². The number of nitrogens with zero attached hydrogens (tertiary/aromatic N) is 5. The summed E-state index contributed by atoms with van der Waals surface area (Å²) < 4.78 is 6.22. The van der Waals surface area contributed by atoms with Crippen LogP contribution in [0.5, 0.6) is 0 Å². The van der Waals surface area contributed by atoms with Crippen molar-refractivity contribution in [2.24, 2.45) is 0 Å². The topological polar surface area (TPSA) is 81.1 Å². The molecular weight excluding hydrogens is 448 g/mol. The van der Waals surface area contributed by atoms with E-state index in [1.54, 1.807) is 6.33 Å². The molecule has 0 radical (unpaired) electrons. The van der Waals surface area contributed by atoms with Crippen LogP contribution >= 0.6 is 0 Å². The Balaban J connectivity index is 1.12. The maximum Gasteiger partial charge on any atom is 0.155 e. The fraction of sp³-hybridized carbons (Fsp3) is 0.345. The third-order valence-corrected chi connectivity index (χ3v) is 7.64. The lowest BCUT2D eigenvalue weighted by Gasteiger charge is -2.42. The quantitative estimate of drug-likeness (QED) is 0.447. The number of ether oxygens (including phenoxy) is 1.